The van der Waals surface area contributed by atoms with Crippen LogP contribution in [0.5, 0.6) is 0 Å². The van der Waals surface area contributed by atoms with Gasteiger partial charge in [-0.25, -0.2) is 4.98 Å². The molecule has 1 aliphatic carbocycles. The number of hydrogen-bond acceptors (Lipinski definition) is 3. The Morgan fingerprint density at radius 3 is 2.68 bits per heavy atom. The standard InChI is InChI=1S/C17H18ClN3O/c1-21-9-6-14-13(10-21)15(22)20-16(19-14)17(7-8-17)11-2-4-12(18)5-3-11/h2-5H,6-10H2,1H3,(H,19,20,22). The van der Waals surface area contributed by atoms with Crippen molar-refractivity contribution < 1.29 is 0 Å². The maximum absolute atomic E-state index is 12.4. The average Bonchev–Trinajstić information content (AvgIpc) is 3.30. The average molecular weight is 316 g/mol. The number of aromatic nitrogens is 2. The number of H-pyrrole nitrogens is 1. The Labute approximate surface area is 134 Å². The van der Waals surface area contributed by atoms with Gasteiger partial charge in [-0.05, 0) is 37.6 Å². The maximum Gasteiger partial charge on any atom is 0.255 e. The second kappa shape index (κ2) is 4.93. The molecule has 22 heavy (non-hydrogen) atoms. The molecule has 0 bridgehead atoms. The smallest absolute Gasteiger partial charge is 0.255 e. The first-order chi connectivity index (χ1) is 10.6. The number of fused-ring (bicyclic) bond motifs is 1. The van der Waals surface area contributed by atoms with Gasteiger partial charge in [-0.2, -0.15) is 0 Å². The van der Waals surface area contributed by atoms with Crippen molar-refractivity contribution in [3.8, 4) is 0 Å². The summed E-state index contributed by atoms with van der Waals surface area (Å²) < 4.78 is 0. The van der Waals surface area contributed by atoms with E-state index in [0.717, 1.165) is 47.9 Å². The molecule has 4 rings (SSSR count). The van der Waals surface area contributed by atoms with Crippen molar-refractivity contribution in [2.45, 2.75) is 31.2 Å². The van der Waals surface area contributed by atoms with Gasteiger partial charge < -0.3 is 9.88 Å². The van der Waals surface area contributed by atoms with E-state index in [1.165, 1.54) is 5.56 Å². The van der Waals surface area contributed by atoms with Crippen LogP contribution in [-0.4, -0.2) is 28.5 Å². The minimum atomic E-state index is -0.123. The summed E-state index contributed by atoms with van der Waals surface area (Å²) >= 11 is 5.98. The van der Waals surface area contributed by atoms with Gasteiger partial charge in [0.15, 0.2) is 0 Å². The molecule has 0 unspecified atom stereocenters. The number of nitrogens with one attached hydrogen (secondary N) is 1. The predicted molar refractivity (Wildman–Crippen MR) is 86.4 cm³/mol. The Kier molecular flexibility index (Phi) is 3.13. The van der Waals surface area contributed by atoms with Crippen molar-refractivity contribution in [3.63, 3.8) is 0 Å². The Balaban J connectivity index is 1.79. The Morgan fingerprint density at radius 1 is 1.27 bits per heavy atom. The number of nitrogens with zero attached hydrogens (tertiary/aromatic N) is 2. The minimum absolute atomic E-state index is 0.0202. The second-order valence-electron chi connectivity index (χ2n) is 6.42. The van der Waals surface area contributed by atoms with Crippen molar-refractivity contribution >= 4 is 11.6 Å². The molecule has 0 atom stereocenters. The highest BCUT2D eigenvalue weighted by atomic mass is 35.5. The van der Waals surface area contributed by atoms with Gasteiger partial charge in [0.1, 0.15) is 5.82 Å². The van der Waals surface area contributed by atoms with Gasteiger partial charge in [-0.1, -0.05) is 23.7 Å². The van der Waals surface area contributed by atoms with Gasteiger partial charge in [0, 0.05) is 24.5 Å². The van der Waals surface area contributed by atoms with Gasteiger partial charge in [-0.15, -0.1) is 0 Å². The molecular formula is C17H18ClN3O. The molecule has 1 fully saturated rings. The third-order valence-electron chi connectivity index (χ3n) is 4.86. The van der Waals surface area contributed by atoms with Crippen LogP contribution < -0.4 is 5.56 Å². The lowest BCUT2D eigenvalue weighted by molar-refractivity contribution is 0.306. The first kappa shape index (κ1) is 14.0. The monoisotopic (exact) mass is 315 g/mol. The van der Waals surface area contributed by atoms with Crippen LogP contribution >= 0.6 is 11.6 Å². The van der Waals surface area contributed by atoms with E-state index in [0.29, 0.717) is 6.54 Å². The molecule has 1 N–H and O–H groups in total. The molecule has 2 heterocycles. The van der Waals surface area contributed by atoms with E-state index in [-0.39, 0.29) is 11.0 Å². The minimum Gasteiger partial charge on any atom is -0.310 e. The van der Waals surface area contributed by atoms with E-state index in [1.807, 2.05) is 31.3 Å². The first-order valence-corrected chi connectivity index (χ1v) is 8.03. The van der Waals surface area contributed by atoms with Crippen LogP contribution in [0.4, 0.5) is 0 Å². The van der Waals surface area contributed by atoms with Crippen LogP contribution in [0.3, 0.4) is 0 Å². The fraction of sp³-hybridized carbons (Fsp3) is 0.412. The SMILES string of the molecule is CN1CCc2nc(C3(c4ccc(Cl)cc4)CC3)[nH]c(=O)c2C1. The lowest BCUT2D eigenvalue weighted by Gasteiger charge is -2.25. The number of aromatic amines is 1. The summed E-state index contributed by atoms with van der Waals surface area (Å²) in [6, 6.07) is 7.90. The fourth-order valence-corrected chi connectivity index (χ4v) is 3.47. The van der Waals surface area contributed by atoms with Gasteiger partial charge in [-0.3, -0.25) is 4.79 Å². The summed E-state index contributed by atoms with van der Waals surface area (Å²) in [5.41, 5.74) is 2.88. The van der Waals surface area contributed by atoms with Crippen LogP contribution in [-0.2, 0) is 18.4 Å². The fourth-order valence-electron chi connectivity index (χ4n) is 3.34. The first-order valence-electron chi connectivity index (χ1n) is 7.66. The zero-order valence-electron chi connectivity index (χ0n) is 12.5. The summed E-state index contributed by atoms with van der Waals surface area (Å²) in [6.45, 7) is 1.64. The van der Waals surface area contributed by atoms with Crippen LogP contribution in [0.1, 0.15) is 35.5 Å². The Bertz CT molecular complexity index is 777. The normalized spacial score (nSPS) is 19.7. The van der Waals surface area contributed by atoms with Crippen LogP contribution in [0.15, 0.2) is 29.1 Å². The van der Waals surface area contributed by atoms with Gasteiger partial charge >= 0.3 is 0 Å². The van der Waals surface area contributed by atoms with Crippen molar-refractivity contribution in [3.05, 3.63) is 62.3 Å². The van der Waals surface area contributed by atoms with E-state index < -0.39 is 0 Å². The summed E-state index contributed by atoms with van der Waals surface area (Å²) in [5.74, 6) is 0.822. The van der Waals surface area contributed by atoms with E-state index in [4.69, 9.17) is 16.6 Å². The van der Waals surface area contributed by atoms with Crippen molar-refractivity contribution in [1.82, 2.24) is 14.9 Å². The van der Waals surface area contributed by atoms with Crippen molar-refractivity contribution in [2.75, 3.05) is 13.6 Å². The highest BCUT2D eigenvalue weighted by Crippen LogP contribution is 2.52. The molecule has 1 aliphatic heterocycles. The molecule has 1 saturated carbocycles. The van der Waals surface area contributed by atoms with E-state index in [9.17, 15) is 4.79 Å². The molecule has 5 heteroatoms. The van der Waals surface area contributed by atoms with Crippen LogP contribution in [0.2, 0.25) is 5.02 Å². The molecule has 1 aromatic carbocycles. The lowest BCUT2D eigenvalue weighted by atomic mass is 9.94. The van der Waals surface area contributed by atoms with Crippen LogP contribution in [0.25, 0.3) is 0 Å². The topological polar surface area (TPSA) is 49.0 Å². The molecule has 0 radical (unpaired) electrons. The molecule has 2 aliphatic rings. The molecule has 4 nitrogen and oxygen atoms in total. The summed E-state index contributed by atoms with van der Waals surface area (Å²) in [5, 5.41) is 0.731. The van der Waals surface area contributed by atoms with Gasteiger partial charge in [0.05, 0.1) is 16.7 Å². The summed E-state index contributed by atoms with van der Waals surface area (Å²) in [7, 11) is 2.03. The number of hydrogen-bond donors (Lipinski definition) is 1. The number of halogens is 1. The van der Waals surface area contributed by atoms with Gasteiger partial charge in [0.2, 0.25) is 0 Å². The lowest BCUT2D eigenvalue weighted by Crippen LogP contribution is -2.34. The highest BCUT2D eigenvalue weighted by molar-refractivity contribution is 6.30. The van der Waals surface area contributed by atoms with Crippen molar-refractivity contribution in [1.29, 1.82) is 0 Å². The van der Waals surface area contributed by atoms with E-state index >= 15 is 0 Å². The molecule has 1 aromatic heterocycles. The van der Waals surface area contributed by atoms with E-state index in [1.54, 1.807) is 0 Å². The third kappa shape index (κ3) is 2.18. The largest absolute Gasteiger partial charge is 0.310 e. The van der Waals surface area contributed by atoms with E-state index in [2.05, 4.69) is 9.88 Å². The molecule has 0 spiro atoms. The summed E-state index contributed by atoms with van der Waals surface area (Å²) in [6.07, 6.45) is 2.89. The molecule has 2 aromatic rings. The zero-order valence-corrected chi connectivity index (χ0v) is 13.3. The summed E-state index contributed by atoms with van der Waals surface area (Å²) in [4.78, 5) is 22.5. The quantitative estimate of drug-likeness (QED) is 0.926. The second-order valence-corrected chi connectivity index (χ2v) is 6.85. The number of rotatable bonds is 2. The Morgan fingerprint density at radius 2 is 2.00 bits per heavy atom. The van der Waals surface area contributed by atoms with Crippen molar-refractivity contribution in [2.24, 2.45) is 0 Å². The number of likely N-dealkylation sites (N-methyl/N-ethyl adjacent to an activating group) is 1. The third-order valence-corrected chi connectivity index (χ3v) is 5.11. The Hall–Kier alpha value is -1.65. The zero-order chi connectivity index (χ0) is 15.3. The highest BCUT2D eigenvalue weighted by Gasteiger charge is 2.48. The molecule has 114 valence electrons. The van der Waals surface area contributed by atoms with Crippen LogP contribution in [0, 0.1) is 0 Å². The molecular weight excluding hydrogens is 298 g/mol. The molecule has 0 saturated heterocycles. The molecule has 0 amide bonds. The predicted octanol–water partition coefficient (Wildman–Crippen LogP) is 2.49. The number of benzene rings is 1. The maximum atomic E-state index is 12.4. The van der Waals surface area contributed by atoms with Gasteiger partial charge in [0.25, 0.3) is 5.56 Å².